The van der Waals surface area contributed by atoms with E-state index in [2.05, 4.69) is 10.0 Å². The fourth-order valence-corrected chi connectivity index (χ4v) is 2.99. The largest absolute Gasteiger partial charge is 0.484 e. The van der Waals surface area contributed by atoms with E-state index in [1.165, 1.54) is 24.3 Å². The number of rotatable bonds is 7. The molecule has 0 bridgehead atoms. The molecule has 0 unspecified atom stereocenters. The predicted molar refractivity (Wildman–Crippen MR) is 82.1 cm³/mol. The van der Waals surface area contributed by atoms with Gasteiger partial charge in [0.2, 0.25) is 10.0 Å². The number of nitrogens with one attached hydrogen (secondary N) is 2. The van der Waals surface area contributed by atoms with Crippen LogP contribution in [0, 0.1) is 0 Å². The van der Waals surface area contributed by atoms with E-state index in [1.807, 2.05) is 0 Å². The van der Waals surface area contributed by atoms with Crippen molar-refractivity contribution in [2.75, 3.05) is 19.8 Å². The number of aliphatic hydroxyl groups is 1. The molecular weight excluding hydrogens is 308 g/mol. The third kappa shape index (κ3) is 6.42. The average Bonchev–Trinajstić information content (AvgIpc) is 2.40. The summed E-state index contributed by atoms with van der Waals surface area (Å²) in [5, 5.41) is 11.0. The lowest BCUT2D eigenvalue weighted by molar-refractivity contribution is -0.123. The van der Waals surface area contributed by atoms with Crippen LogP contribution in [-0.2, 0) is 14.8 Å². The summed E-state index contributed by atoms with van der Waals surface area (Å²) < 4.78 is 32.0. The Balaban J connectivity index is 2.65. The fourth-order valence-electron chi connectivity index (χ4n) is 1.57. The summed E-state index contributed by atoms with van der Waals surface area (Å²) in [5.74, 6) is 0.0222. The molecule has 8 heteroatoms. The molecule has 0 radical (unpaired) electrons. The highest BCUT2D eigenvalue weighted by molar-refractivity contribution is 7.89. The highest BCUT2D eigenvalue weighted by Crippen LogP contribution is 2.17. The Labute approximate surface area is 130 Å². The van der Waals surface area contributed by atoms with Gasteiger partial charge in [-0.15, -0.1) is 0 Å². The summed E-state index contributed by atoms with van der Waals surface area (Å²) in [5.41, 5.74) is -0.571. The summed E-state index contributed by atoms with van der Waals surface area (Å²) in [7, 11) is -3.59. The van der Waals surface area contributed by atoms with Gasteiger partial charge in [-0.2, -0.15) is 0 Å². The van der Waals surface area contributed by atoms with E-state index < -0.39 is 15.6 Å². The van der Waals surface area contributed by atoms with Crippen molar-refractivity contribution in [3.8, 4) is 5.75 Å². The van der Waals surface area contributed by atoms with Crippen molar-refractivity contribution < 1.29 is 23.1 Å². The molecule has 0 atom stereocenters. The molecule has 1 amide bonds. The molecule has 0 aromatic heterocycles. The minimum Gasteiger partial charge on any atom is -0.484 e. The molecule has 1 aromatic carbocycles. The van der Waals surface area contributed by atoms with Gasteiger partial charge in [0.25, 0.3) is 5.91 Å². The molecule has 0 spiro atoms. The molecule has 22 heavy (non-hydrogen) atoms. The fraction of sp³-hybridized carbons (Fsp3) is 0.500. The first-order valence-electron chi connectivity index (χ1n) is 6.78. The van der Waals surface area contributed by atoms with Crippen LogP contribution in [0.4, 0.5) is 0 Å². The number of ether oxygens (including phenoxy) is 1. The highest BCUT2D eigenvalue weighted by atomic mass is 32.2. The zero-order chi connectivity index (χ0) is 16.8. The lowest BCUT2D eigenvalue weighted by atomic mass is 10.1. The molecule has 124 valence electrons. The Kier molecular flexibility index (Phi) is 6.34. The van der Waals surface area contributed by atoms with Crippen molar-refractivity contribution in [2.24, 2.45) is 0 Å². The number of carbonyl (C=O) groups is 1. The van der Waals surface area contributed by atoms with Crippen LogP contribution in [0.3, 0.4) is 0 Å². The molecule has 7 nitrogen and oxygen atoms in total. The third-order valence-electron chi connectivity index (χ3n) is 2.38. The molecule has 0 aliphatic rings. The van der Waals surface area contributed by atoms with Crippen LogP contribution in [-0.4, -0.2) is 44.7 Å². The van der Waals surface area contributed by atoms with Gasteiger partial charge in [0.15, 0.2) is 6.61 Å². The van der Waals surface area contributed by atoms with Gasteiger partial charge in [0.05, 0.1) is 11.5 Å². The van der Waals surface area contributed by atoms with Crippen molar-refractivity contribution in [1.29, 1.82) is 0 Å². The maximum absolute atomic E-state index is 12.1. The molecule has 0 aliphatic heterocycles. The first kappa shape index (κ1) is 18.4. The number of amides is 1. The molecule has 1 rings (SSSR count). The van der Waals surface area contributed by atoms with E-state index in [0.717, 1.165) is 0 Å². The zero-order valence-corrected chi connectivity index (χ0v) is 13.7. The summed E-state index contributed by atoms with van der Waals surface area (Å²) in [6, 6.07) is 5.79. The van der Waals surface area contributed by atoms with E-state index in [4.69, 9.17) is 9.84 Å². The second-order valence-corrected chi connectivity index (χ2v) is 7.37. The molecule has 0 aliphatic carbocycles. The Morgan fingerprint density at radius 3 is 2.32 bits per heavy atom. The maximum atomic E-state index is 12.1. The Hall–Kier alpha value is -1.64. The smallest absolute Gasteiger partial charge is 0.258 e. The minimum absolute atomic E-state index is 0.125. The molecular formula is C14H22N2O5S. The molecule has 1 aromatic rings. The molecule has 0 saturated heterocycles. The maximum Gasteiger partial charge on any atom is 0.258 e. The highest BCUT2D eigenvalue weighted by Gasteiger charge is 2.21. The molecule has 0 saturated carbocycles. The average molecular weight is 330 g/mol. The van der Waals surface area contributed by atoms with Crippen LogP contribution in [0.15, 0.2) is 29.2 Å². The van der Waals surface area contributed by atoms with Gasteiger partial charge in [-0.05, 0) is 45.0 Å². The van der Waals surface area contributed by atoms with Crippen LogP contribution < -0.4 is 14.8 Å². The minimum atomic E-state index is -3.59. The van der Waals surface area contributed by atoms with Gasteiger partial charge in [0, 0.05) is 12.1 Å². The zero-order valence-electron chi connectivity index (χ0n) is 12.9. The lowest BCUT2D eigenvalue weighted by Gasteiger charge is -2.20. The normalized spacial score (nSPS) is 12.0. The van der Waals surface area contributed by atoms with Crippen molar-refractivity contribution in [2.45, 2.75) is 31.2 Å². The lowest BCUT2D eigenvalue weighted by Crippen LogP contribution is -2.40. The quantitative estimate of drug-likeness (QED) is 0.665. The monoisotopic (exact) mass is 330 g/mol. The molecule has 0 fully saturated rings. The summed E-state index contributed by atoms with van der Waals surface area (Å²) in [4.78, 5) is 11.4. The third-order valence-corrected chi connectivity index (χ3v) is 4.15. The van der Waals surface area contributed by atoms with E-state index in [-0.39, 0.29) is 30.6 Å². The Morgan fingerprint density at radius 1 is 1.23 bits per heavy atom. The van der Waals surface area contributed by atoms with Crippen molar-refractivity contribution >= 4 is 15.9 Å². The van der Waals surface area contributed by atoms with Crippen molar-refractivity contribution in [3.63, 3.8) is 0 Å². The number of sulfonamides is 1. The SMILES string of the molecule is CC(C)(C)NS(=O)(=O)c1ccc(OCC(=O)NCCO)cc1. The van der Waals surface area contributed by atoms with Gasteiger partial charge in [-0.3, -0.25) is 4.79 Å². The topological polar surface area (TPSA) is 105 Å². The second-order valence-electron chi connectivity index (χ2n) is 5.69. The predicted octanol–water partition coefficient (Wildman–Crippen LogP) is 0.251. The van der Waals surface area contributed by atoms with Crippen LogP contribution in [0.2, 0.25) is 0 Å². The number of carbonyl (C=O) groups excluding carboxylic acids is 1. The van der Waals surface area contributed by atoms with Crippen LogP contribution in [0.25, 0.3) is 0 Å². The summed E-state index contributed by atoms with van der Waals surface area (Å²) in [6.07, 6.45) is 0. The van der Waals surface area contributed by atoms with Crippen molar-refractivity contribution in [1.82, 2.24) is 10.0 Å². The van der Waals surface area contributed by atoms with Gasteiger partial charge < -0.3 is 15.2 Å². The van der Waals surface area contributed by atoms with Gasteiger partial charge in [-0.1, -0.05) is 0 Å². The number of hydrogen-bond donors (Lipinski definition) is 3. The van der Waals surface area contributed by atoms with Gasteiger partial charge >= 0.3 is 0 Å². The van der Waals surface area contributed by atoms with Crippen LogP contribution in [0.1, 0.15) is 20.8 Å². The van der Waals surface area contributed by atoms with E-state index in [0.29, 0.717) is 5.75 Å². The summed E-state index contributed by atoms with van der Waals surface area (Å²) >= 11 is 0. The number of hydrogen-bond acceptors (Lipinski definition) is 5. The van der Waals surface area contributed by atoms with Gasteiger partial charge in [-0.25, -0.2) is 13.1 Å². The number of benzene rings is 1. The van der Waals surface area contributed by atoms with E-state index in [9.17, 15) is 13.2 Å². The van der Waals surface area contributed by atoms with Gasteiger partial charge in [0.1, 0.15) is 5.75 Å². The second kappa shape index (κ2) is 7.57. The van der Waals surface area contributed by atoms with E-state index >= 15 is 0 Å². The Bertz CT molecular complexity index is 591. The first-order valence-corrected chi connectivity index (χ1v) is 8.27. The van der Waals surface area contributed by atoms with Crippen LogP contribution in [0.5, 0.6) is 5.75 Å². The standard InChI is InChI=1S/C14H22N2O5S/c1-14(2,3)16-22(19,20)12-6-4-11(5-7-12)21-10-13(18)15-8-9-17/h4-7,16-17H,8-10H2,1-3H3,(H,15,18). The molecule has 0 heterocycles. The van der Waals surface area contributed by atoms with Crippen molar-refractivity contribution in [3.05, 3.63) is 24.3 Å². The first-order chi connectivity index (χ1) is 10.1. The molecule has 3 N–H and O–H groups in total. The van der Waals surface area contributed by atoms with E-state index in [1.54, 1.807) is 20.8 Å². The van der Waals surface area contributed by atoms with Crippen LogP contribution >= 0.6 is 0 Å². The Morgan fingerprint density at radius 2 is 1.82 bits per heavy atom. The summed E-state index contributed by atoms with van der Waals surface area (Å²) in [6.45, 7) is 5.09. The number of aliphatic hydroxyl groups excluding tert-OH is 1.